The van der Waals surface area contributed by atoms with Gasteiger partial charge in [0.25, 0.3) is 0 Å². The molecule has 1 aromatic carbocycles. The van der Waals surface area contributed by atoms with E-state index in [1.807, 2.05) is 19.1 Å². The molecule has 1 aliphatic carbocycles. The Kier molecular flexibility index (Phi) is 4.48. The smallest absolute Gasteiger partial charge is 0.153 e. The first kappa shape index (κ1) is 14.0. The molecule has 5 nitrogen and oxygen atoms in total. The molecule has 0 bridgehead atoms. The number of rotatable bonds is 5. The Morgan fingerprint density at radius 1 is 1.24 bits per heavy atom. The van der Waals surface area contributed by atoms with E-state index >= 15 is 0 Å². The summed E-state index contributed by atoms with van der Waals surface area (Å²) in [5.41, 5.74) is 2.14. The maximum absolute atomic E-state index is 4.01. The van der Waals surface area contributed by atoms with E-state index in [1.165, 1.54) is 38.5 Å². The van der Waals surface area contributed by atoms with Crippen LogP contribution < -0.4 is 5.32 Å². The molecule has 21 heavy (non-hydrogen) atoms. The molecule has 0 radical (unpaired) electrons. The largest absolute Gasteiger partial charge is 0.385 e. The van der Waals surface area contributed by atoms with Gasteiger partial charge in [0.15, 0.2) is 5.82 Å². The molecule has 3 rings (SSSR count). The Bertz CT molecular complexity index is 572. The molecule has 0 aliphatic heterocycles. The van der Waals surface area contributed by atoms with Gasteiger partial charge in [0.05, 0.1) is 5.69 Å². The lowest BCUT2D eigenvalue weighted by molar-refractivity contribution is 0.345. The van der Waals surface area contributed by atoms with Gasteiger partial charge in [0.1, 0.15) is 0 Å². The van der Waals surface area contributed by atoms with Gasteiger partial charge in [-0.2, -0.15) is 4.68 Å². The monoisotopic (exact) mass is 285 g/mol. The van der Waals surface area contributed by atoms with E-state index in [9.17, 15) is 0 Å². The van der Waals surface area contributed by atoms with Crippen molar-refractivity contribution in [3.8, 4) is 5.69 Å². The highest BCUT2D eigenvalue weighted by Crippen LogP contribution is 2.26. The number of aryl methyl sites for hydroxylation is 1. The summed E-state index contributed by atoms with van der Waals surface area (Å²) in [5.74, 6) is 1.71. The molecule has 1 N–H and O–H groups in total. The second-order valence-corrected chi connectivity index (χ2v) is 5.91. The molecule has 1 saturated carbocycles. The first-order chi connectivity index (χ1) is 10.3. The minimum atomic E-state index is 0.800. The number of hydrogen-bond acceptors (Lipinski definition) is 4. The van der Waals surface area contributed by atoms with Crippen LogP contribution in [-0.4, -0.2) is 26.8 Å². The Labute approximate surface area is 125 Å². The van der Waals surface area contributed by atoms with Gasteiger partial charge in [0.2, 0.25) is 0 Å². The van der Waals surface area contributed by atoms with Gasteiger partial charge in [-0.15, -0.1) is 5.10 Å². The second-order valence-electron chi connectivity index (χ2n) is 5.91. The van der Waals surface area contributed by atoms with Gasteiger partial charge < -0.3 is 5.32 Å². The van der Waals surface area contributed by atoms with E-state index in [1.54, 1.807) is 4.68 Å². The van der Waals surface area contributed by atoms with Crippen LogP contribution in [0.4, 0.5) is 5.69 Å². The summed E-state index contributed by atoms with van der Waals surface area (Å²) >= 11 is 0. The van der Waals surface area contributed by atoms with Crippen molar-refractivity contribution in [2.75, 3.05) is 11.9 Å². The lowest BCUT2D eigenvalue weighted by atomic mass is 9.87. The Balaban J connectivity index is 1.57. The van der Waals surface area contributed by atoms with Gasteiger partial charge in [0, 0.05) is 12.2 Å². The Morgan fingerprint density at radius 2 is 2.10 bits per heavy atom. The summed E-state index contributed by atoms with van der Waals surface area (Å²) in [5, 5.41) is 15.2. The molecular weight excluding hydrogens is 262 g/mol. The fourth-order valence-electron chi connectivity index (χ4n) is 3.11. The summed E-state index contributed by atoms with van der Waals surface area (Å²) in [6.45, 7) is 2.95. The second kappa shape index (κ2) is 6.70. The summed E-state index contributed by atoms with van der Waals surface area (Å²) in [6.07, 6.45) is 8.35. The van der Waals surface area contributed by atoms with Crippen molar-refractivity contribution in [3.63, 3.8) is 0 Å². The van der Waals surface area contributed by atoms with Crippen LogP contribution in [0.2, 0.25) is 0 Å². The number of hydrogen-bond donors (Lipinski definition) is 1. The third-order valence-electron chi connectivity index (χ3n) is 4.32. The third-order valence-corrected chi connectivity index (χ3v) is 4.32. The Hall–Kier alpha value is -1.91. The zero-order valence-electron chi connectivity index (χ0n) is 12.6. The van der Waals surface area contributed by atoms with Crippen molar-refractivity contribution >= 4 is 5.69 Å². The van der Waals surface area contributed by atoms with Crippen molar-refractivity contribution in [3.05, 3.63) is 30.1 Å². The molecule has 1 heterocycles. The molecule has 1 aliphatic rings. The maximum atomic E-state index is 4.01. The van der Waals surface area contributed by atoms with Gasteiger partial charge in [-0.1, -0.05) is 38.2 Å². The summed E-state index contributed by atoms with van der Waals surface area (Å²) in [7, 11) is 0. The number of tetrazole rings is 1. The van der Waals surface area contributed by atoms with E-state index in [2.05, 4.69) is 33.0 Å². The van der Waals surface area contributed by atoms with Crippen molar-refractivity contribution in [1.29, 1.82) is 0 Å². The van der Waals surface area contributed by atoms with Gasteiger partial charge >= 0.3 is 0 Å². The molecule has 2 aromatic rings. The maximum Gasteiger partial charge on any atom is 0.153 e. The van der Waals surface area contributed by atoms with E-state index in [0.29, 0.717) is 0 Å². The molecule has 0 unspecified atom stereocenters. The minimum Gasteiger partial charge on any atom is -0.385 e. The van der Waals surface area contributed by atoms with Crippen molar-refractivity contribution in [2.24, 2.45) is 5.92 Å². The number of benzene rings is 1. The van der Waals surface area contributed by atoms with Crippen LogP contribution in [0.15, 0.2) is 24.3 Å². The van der Waals surface area contributed by atoms with Gasteiger partial charge in [-0.25, -0.2) is 0 Å². The summed E-state index contributed by atoms with van der Waals surface area (Å²) in [4.78, 5) is 0. The van der Waals surface area contributed by atoms with Crippen molar-refractivity contribution in [2.45, 2.75) is 45.4 Å². The molecule has 5 heteroatoms. The van der Waals surface area contributed by atoms with Crippen LogP contribution in [0.5, 0.6) is 0 Å². The number of nitrogens with zero attached hydrogens (tertiary/aromatic N) is 4. The minimum absolute atomic E-state index is 0.800. The number of anilines is 1. The average Bonchev–Trinajstić information content (AvgIpc) is 2.95. The van der Waals surface area contributed by atoms with E-state index in [-0.39, 0.29) is 0 Å². The first-order valence-corrected chi connectivity index (χ1v) is 7.92. The highest BCUT2D eigenvalue weighted by atomic mass is 15.5. The van der Waals surface area contributed by atoms with E-state index in [4.69, 9.17) is 0 Å². The first-order valence-electron chi connectivity index (χ1n) is 7.92. The predicted octanol–water partition coefficient (Wildman–Crippen LogP) is 3.35. The molecule has 0 atom stereocenters. The molecular formula is C16H23N5. The lowest BCUT2D eigenvalue weighted by Crippen LogP contribution is -2.12. The SMILES string of the molecule is Cc1nnnn1-c1cccc(NCCC2CCCCC2)c1. The fraction of sp³-hybridized carbons (Fsp3) is 0.562. The third kappa shape index (κ3) is 3.60. The standard InChI is InChI=1S/C16H23N5/c1-13-18-19-20-21(13)16-9-5-8-15(12-16)17-11-10-14-6-3-2-4-7-14/h5,8-9,12,14,17H,2-4,6-7,10-11H2,1H3. The summed E-state index contributed by atoms with van der Waals surface area (Å²) < 4.78 is 1.76. The van der Waals surface area contributed by atoms with Crippen LogP contribution in [0.3, 0.4) is 0 Å². The molecule has 0 amide bonds. The number of aromatic nitrogens is 4. The van der Waals surface area contributed by atoms with E-state index < -0.39 is 0 Å². The average molecular weight is 285 g/mol. The van der Waals surface area contributed by atoms with Gasteiger partial charge in [-0.3, -0.25) is 0 Å². The molecule has 1 aromatic heterocycles. The van der Waals surface area contributed by atoms with Crippen LogP contribution in [0.1, 0.15) is 44.3 Å². The lowest BCUT2D eigenvalue weighted by Gasteiger charge is -2.21. The molecule has 1 fully saturated rings. The van der Waals surface area contributed by atoms with E-state index in [0.717, 1.165) is 29.7 Å². The Morgan fingerprint density at radius 3 is 2.86 bits per heavy atom. The highest BCUT2D eigenvalue weighted by Gasteiger charge is 2.12. The van der Waals surface area contributed by atoms with Crippen molar-refractivity contribution < 1.29 is 0 Å². The van der Waals surface area contributed by atoms with Crippen LogP contribution in [-0.2, 0) is 0 Å². The number of nitrogens with one attached hydrogen (secondary N) is 1. The zero-order valence-corrected chi connectivity index (χ0v) is 12.6. The quantitative estimate of drug-likeness (QED) is 0.915. The predicted molar refractivity (Wildman–Crippen MR) is 83.6 cm³/mol. The van der Waals surface area contributed by atoms with Crippen molar-refractivity contribution in [1.82, 2.24) is 20.2 Å². The normalized spacial score (nSPS) is 16.0. The van der Waals surface area contributed by atoms with Gasteiger partial charge in [-0.05, 0) is 47.9 Å². The molecule has 0 spiro atoms. The topological polar surface area (TPSA) is 55.6 Å². The molecule has 112 valence electrons. The van der Waals surface area contributed by atoms with Crippen LogP contribution in [0, 0.1) is 12.8 Å². The van der Waals surface area contributed by atoms with Crippen LogP contribution >= 0.6 is 0 Å². The zero-order chi connectivity index (χ0) is 14.5. The fourth-order valence-corrected chi connectivity index (χ4v) is 3.11. The van der Waals surface area contributed by atoms with Crippen LogP contribution in [0.25, 0.3) is 5.69 Å². The molecule has 0 saturated heterocycles. The highest BCUT2D eigenvalue weighted by molar-refractivity contribution is 5.50. The summed E-state index contributed by atoms with van der Waals surface area (Å²) in [6, 6.07) is 8.27.